The molecule has 0 spiro atoms. The molecule has 0 saturated carbocycles. The van der Waals surface area contributed by atoms with Crippen LogP contribution in [0.25, 0.3) is 0 Å². The molecular weight excluding hydrogens is 700 g/mol. The van der Waals surface area contributed by atoms with Crippen LogP contribution in [-0.4, -0.2) is 83.6 Å². The third kappa shape index (κ3) is 22.5. The molecule has 2 heterocycles. The van der Waals surface area contributed by atoms with Crippen molar-refractivity contribution in [2.75, 3.05) is 19.8 Å². The van der Waals surface area contributed by atoms with Gasteiger partial charge in [0.25, 0.3) is 0 Å². The van der Waals surface area contributed by atoms with Crippen LogP contribution in [0.4, 0.5) is 0 Å². The van der Waals surface area contributed by atoms with Crippen molar-refractivity contribution in [2.24, 2.45) is 0 Å². The SMILES string of the molecule is CCC=CCC=CCC=CCCCCCCCC(=O)OCC(COC12OC(CO)C(O)C(O)C1O2)OC(=O)CCCCCCCC=CCC=CCC=CCC. The zero-order chi connectivity index (χ0) is 39.8. The number of aliphatic hydroxyl groups is 3. The number of hydrogen-bond donors (Lipinski definition) is 3. The van der Waals surface area contributed by atoms with Crippen molar-refractivity contribution in [3.63, 3.8) is 0 Å². The van der Waals surface area contributed by atoms with Gasteiger partial charge in [-0.2, -0.15) is 0 Å². The van der Waals surface area contributed by atoms with Gasteiger partial charge in [-0.25, -0.2) is 0 Å². The van der Waals surface area contributed by atoms with Gasteiger partial charge in [0, 0.05) is 12.8 Å². The van der Waals surface area contributed by atoms with Gasteiger partial charge in [0.1, 0.15) is 24.9 Å². The number of fused-ring (bicyclic) bond motifs is 1. The second-order valence-corrected chi connectivity index (χ2v) is 14.3. The Hall–Kier alpha value is -2.86. The van der Waals surface area contributed by atoms with Gasteiger partial charge in [-0.05, 0) is 77.0 Å². The Bertz CT molecular complexity index is 1190. The fraction of sp³-hybridized carbons (Fsp3) is 0.689. The van der Waals surface area contributed by atoms with Crippen molar-refractivity contribution in [2.45, 2.75) is 179 Å². The Kier molecular flexibility index (Phi) is 27.4. The molecule has 0 amide bonds. The normalized spacial score (nSPS) is 23.2. The molecular formula is C45H72O10. The van der Waals surface area contributed by atoms with E-state index in [2.05, 4.69) is 86.8 Å². The first-order valence-corrected chi connectivity index (χ1v) is 21.1. The standard InChI is InChI=1S/C45H72O10/c1-3-5-7-9-11-13-15-17-19-21-23-25-27-29-31-33-40(47)51-36-38(37-52-45-44(55-45)43(50)42(49)39(35-46)54-45)53-41(48)34-32-30-28-26-24-22-20-18-16-14-12-10-8-6-4-2/h5-8,11-14,17-20,38-39,42-44,46,49-50H,3-4,9-10,15-16,21-37H2,1-2H3. The Morgan fingerprint density at radius 2 is 1.07 bits per heavy atom. The summed E-state index contributed by atoms with van der Waals surface area (Å²) >= 11 is 0. The van der Waals surface area contributed by atoms with E-state index in [0.717, 1.165) is 103 Å². The van der Waals surface area contributed by atoms with Crippen molar-refractivity contribution in [1.82, 2.24) is 0 Å². The number of ether oxygens (including phenoxy) is 5. The van der Waals surface area contributed by atoms with E-state index >= 15 is 0 Å². The topological polar surface area (TPSA) is 144 Å². The summed E-state index contributed by atoms with van der Waals surface area (Å²) in [6.07, 6.45) is 39.1. The highest BCUT2D eigenvalue weighted by Gasteiger charge is 2.70. The van der Waals surface area contributed by atoms with E-state index in [1.807, 2.05) is 0 Å². The lowest BCUT2D eigenvalue weighted by Gasteiger charge is -2.32. The minimum atomic E-state index is -1.67. The average Bonchev–Trinajstić information content (AvgIpc) is 3.92. The van der Waals surface area contributed by atoms with Gasteiger partial charge in [0.05, 0.1) is 13.2 Å². The van der Waals surface area contributed by atoms with Crippen molar-refractivity contribution in [3.8, 4) is 0 Å². The second-order valence-electron chi connectivity index (χ2n) is 14.3. The molecule has 0 radical (unpaired) electrons. The van der Waals surface area contributed by atoms with Crippen LogP contribution < -0.4 is 0 Å². The van der Waals surface area contributed by atoms with Crippen LogP contribution in [0.2, 0.25) is 0 Å². The van der Waals surface area contributed by atoms with E-state index in [0.29, 0.717) is 12.8 Å². The van der Waals surface area contributed by atoms with Crippen LogP contribution in [0.15, 0.2) is 72.9 Å². The van der Waals surface area contributed by atoms with Gasteiger partial charge in [0.2, 0.25) is 0 Å². The lowest BCUT2D eigenvalue weighted by molar-refractivity contribution is -0.294. The van der Waals surface area contributed by atoms with Crippen molar-refractivity contribution in [3.05, 3.63) is 72.9 Å². The molecule has 2 fully saturated rings. The van der Waals surface area contributed by atoms with Crippen LogP contribution in [0.3, 0.4) is 0 Å². The molecule has 2 aliphatic rings. The Morgan fingerprint density at radius 1 is 0.600 bits per heavy atom. The zero-order valence-corrected chi connectivity index (χ0v) is 33.8. The van der Waals surface area contributed by atoms with E-state index in [1.165, 1.54) is 0 Å². The molecule has 0 bridgehead atoms. The van der Waals surface area contributed by atoms with E-state index in [9.17, 15) is 24.9 Å². The minimum Gasteiger partial charge on any atom is -0.462 e. The lowest BCUT2D eigenvalue weighted by atomic mass is 10.0. The maximum absolute atomic E-state index is 12.8. The summed E-state index contributed by atoms with van der Waals surface area (Å²) in [5.41, 5.74) is 0. The first-order chi connectivity index (χ1) is 26.9. The number of hydrogen-bond acceptors (Lipinski definition) is 10. The number of rotatable bonds is 33. The number of esters is 2. The second kappa shape index (κ2) is 31.3. The maximum Gasteiger partial charge on any atom is 0.315 e. The van der Waals surface area contributed by atoms with Gasteiger partial charge in [-0.3, -0.25) is 9.59 Å². The van der Waals surface area contributed by atoms with Gasteiger partial charge in [-0.15, -0.1) is 0 Å². The fourth-order valence-electron chi connectivity index (χ4n) is 6.10. The summed E-state index contributed by atoms with van der Waals surface area (Å²) in [5.74, 6) is -2.47. The molecule has 0 aliphatic carbocycles. The Morgan fingerprint density at radius 3 is 1.60 bits per heavy atom. The van der Waals surface area contributed by atoms with Crippen LogP contribution in [-0.2, 0) is 33.3 Å². The maximum atomic E-state index is 12.8. The number of allylic oxidation sites excluding steroid dienone is 12. The third-order valence-corrected chi connectivity index (χ3v) is 9.38. The predicted octanol–water partition coefficient (Wildman–Crippen LogP) is 8.80. The molecule has 10 heteroatoms. The van der Waals surface area contributed by atoms with Crippen molar-refractivity contribution >= 4 is 11.9 Å². The quantitative estimate of drug-likeness (QED) is 0.0256. The van der Waals surface area contributed by atoms with E-state index in [1.54, 1.807) is 0 Å². The fourth-order valence-corrected chi connectivity index (χ4v) is 6.10. The average molecular weight is 773 g/mol. The monoisotopic (exact) mass is 773 g/mol. The smallest absolute Gasteiger partial charge is 0.315 e. The zero-order valence-electron chi connectivity index (χ0n) is 33.8. The summed E-state index contributed by atoms with van der Waals surface area (Å²) in [6.45, 7) is 3.30. The van der Waals surface area contributed by atoms with Gasteiger partial charge >= 0.3 is 17.9 Å². The van der Waals surface area contributed by atoms with E-state index < -0.39 is 49.1 Å². The number of aliphatic hydroxyl groups excluding tert-OH is 3. The van der Waals surface area contributed by atoms with Gasteiger partial charge in [0.15, 0.2) is 12.2 Å². The molecule has 10 nitrogen and oxygen atoms in total. The van der Waals surface area contributed by atoms with Gasteiger partial charge < -0.3 is 39.0 Å². The van der Waals surface area contributed by atoms with E-state index in [4.69, 9.17) is 23.7 Å². The number of carbonyl (C=O) groups excluding carboxylic acids is 2. The first kappa shape index (κ1) is 48.3. The molecule has 0 aromatic heterocycles. The number of epoxide rings is 1. The van der Waals surface area contributed by atoms with Gasteiger partial charge in [-0.1, -0.05) is 125 Å². The number of unbranched alkanes of at least 4 members (excludes halogenated alkanes) is 10. The predicted molar refractivity (Wildman–Crippen MR) is 217 cm³/mol. The van der Waals surface area contributed by atoms with Crippen molar-refractivity contribution < 1.29 is 48.6 Å². The molecule has 0 aromatic rings. The van der Waals surface area contributed by atoms with Crippen molar-refractivity contribution in [1.29, 1.82) is 0 Å². The molecule has 0 aromatic carbocycles. The highest BCUT2D eigenvalue weighted by Crippen LogP contribution is 2.47. The highest BCUT2D eigenvalue weighted by molar-refractivity contribution is 5.70. The molecule has 2 aliphatic heterocycles. The summed E-state index contributed by atoms with van der Waals surface area (Å²) in [6, 6.07) is 0. The summed E-state index contributed by atoms with van der Waals surface area (Å²) in [5, 5.41) is 30.0. The molecule has 6 unspecified atom stereocenters. The van der Waals surface area contributed by atoms with Crippen LogP contribution in [0.1, 0.15) is 142 Å². The summed E-state index contributed by atoms with van der Waals surface area (Å²) in [4.78, 5) is 25.3. The molecule has 2 rings (SSSR count). The van der Waals surface area contributed by atoms with Crippen LogP contribution in [0, 0.1) is 0 Å². The molecule has 55 heavy (non-hydrogen) atoms. The lowest BCUT2D eigenvalue weighted by Crippen LogP contribution is -2.54. The number of carbonyl (C=O) groups is 2. The largest absolute Gasteiger partial charge is 0.462 e. The highest BCUT2D eigenvalue weighted by atomic mass is 17.0. The molecule has 312 valence electrons. The molecule has 2 saturated heterocycles. The van der Waals surface area contributed by atoms with Crippen LogP contribution >= 0.6 is 0 Å². The van der Waals surface area contributed by atoms with E-state index in [-0.39, 0.29) is 32.0 Å². The minimum absolute atomic E-state index is 0.198. The molecule has 3 N–H and O–H groups in total. The third-order valence-electron chi connectivity index (χ3n) is 9.38. The Balaban J connectivity index is 1.66. The van der Waals surface area contributed by atoms with Crippen LogP contribution in [0.5, 0.6) is 0 Å². The Labute approximate surface area is 331 Å². The summed E-state index contributed by atoms with van der Waals surface area (Å²) in [7, 11) is 0. The first-order valence-electron chi connectivity index (χ1n) is 21.1. The summed E-state index contributed by atoms with van der Waals surface area (Å²) < 4.78 is 28.0. The molecule has 6 atom stereocenters.